The Balaban J connectivity index is 1.68. The zero-order chi connectivity index (χ0) is 16.5. The number of carbonyl (C=O) groups is 1. The van der Waals surface area contributed by atoms with Crippen molar-refractivity contribution in [2.45, 2.75) is 31.2 Å². The van der Waals surface area contributed by atoms with Gasteiger partial charge in [0.15, 0.2) is 5.72 Å². The van der Waals surface area contributed by atoms with Crippen LogP contribution >= 0.6 is 0 Å². The Bertz CT molecular complexity index is 709. The zero-order valence-corrected chi connectivity index (χ0v) is 12.9. The van der Waals surface area contributed by atoms with Gasteiger partial charge in [-0.3, -0.25) is 4.90 Å². The molecule has 0 saturated carbocycles. The fourth-order valence-electron chi connectivity index (χ4n) is 4.22. The monoisotopic (exact) mass is 321 g/mol. The number of hydrogen-bond donors (Lipinski definition) is 3. The quantitative estimate of drug-likeness (QED) is 0.540. The molecule has 8 nitrogen and oxygen atoms in total. The molecule has 0 spiro atoms. The number of ether oxygens (including phenoxy) is 2. The Kier molecular flexibility index (Phi) is 2.77. The summed E-state index contributed by atoms with van der Waals surface area (Å²) in [7, 11) is 1.62. The first-order chi connectivity index (χ1) is 10.9. The number of phenolic OH excluding ortho intramolecular Hbond substituents is 2. The number of benzene rings is 1. The van der Waals surface area contributed by atoms with Crippen molar-refractivity contribution in [1.82, 2.24) is 4.90 Å². The molecule has 124 valence electrons. The fraction of sp³-hybridized carbons (Fsp3) is 0.533. The Morgan fingerprint density at radius 2 is 2.26 bits per heavy atom. The standard InChI is InChI=1S/C15H19N3O5/c1-7-3-10(19)8-4-15(22-2)13-9(17(13)6-23-14(16)21)5-18(15)11(8)12(7)20/h3,9,13,19-20H,4-6H2,1-2H3,(H2,16,21). The van der Waals surface area contributed by atoms with Crippen LogP contribution < -0.4 is 10.6 Å². The molecule has 1 amide bonds. The SMILES string of the molecule is COC12Cc3c(O)cc(C)c(O)c3N1CC1C2N1COC(N)=O. The van der Waals surface area contributed by atoms with Crippen LogP contribution in [0.5, 0.6) is 11.5 Å². The molecule has 4 N–H and O–H groups in total. The molecule has 3 aliphatic heterocycles. The molecule has 8 heteroatoms. The summed E-state index contributed by atoms with van der Waals surface area (Å²) >= 11 is 0. The van der Waals surface area contributed by atoms with E-state index in [1.54, 1.807) is 20.1 Å². The average molecular weight is 321 g/mol. The van der Waals surface area contributed by atoms with Gasteiger partial charge in [0, 0.05) is 25.6 Å². The van der Waals surface area contributed by atoms with Crippen molar-refractivity contribution in [3.05, 3.63) is 17.2 Å². The van der Waals surface area contributed by atoms with Gasteiger partial charge in [-0.15, -0.1) is 0 Å². The molecular weight excluding hydrogens is 302 g/mol. The van der Waals surface area contributed by atoms with Crippen LogP contribution in [-0.4, -0.2) is 59.4 Å². The Hall–Kier alpha value is -2.19. The van der Waals surface area contributed by atoms with E-state index in [1.807, 2.05) is 9.80 Å². The van der Waals surface area contributed by atoms with Gasteiger partial charge in [0.25, 0.3) is 0 Å². The summed E-state index contributed by atoms with van der Waals surface area (Å²) in [6.45, 7) is 2.51. The topological polar surface area (TPSA) is 108 Å². The van der Waals surface area contributed by atoms with Crippen LogP contribution in [0.15, 0.2) is 6.07 Å². The van der Waals surface area contributed by atoms with Crippen molar-refractivity contribution in [1.29, 1.82) is 0 Å². The van der Waals surface area contributed by atoms with E-state index in [0.29, 0.717) is 29.8 Å². The van der Waals surface area contributed by atoms with Crippen molar-refractivity contribution in [3.63, 3.8) is 0 Å². The van der Waals surface area contributed by atoms with E-state index in [4.69, 9.17) is 15.2 Å². The third-order valence-electron chi connectivity index (χ3n) is 5.30. The van der Waals surface area contributed by atoms with E-state index < -0.39 is 11.8 Å². The molecule has 1 aromatic rings. The second-order valence-electron chi connectivity index (χ2n) is 6.34. The van der Waals surface area contributed by atoms with Gasteiger partial charge in [0.1, 0.15) is 18.2 Å². The highest BCUT2D eigenvalue weighted by molar-refractivity contribution is 5.76. The summed E-state index contributed by atoms with van der Waals surface area (Å²) in [5.74, 6) is 0.344. The number of amides is 1. The summed E-state index contributed by atoms with van der Waals surface area (Å²) in [5, 5.41) is 20.7. The number of nitrogens with zero attached hydrogens (tertiary/aromatic N) is 2. The first-order valence-electron chi connectivity index (χ1n) is 7.46. The molecule has 4 unspecified atom stereocenters. The lowest BCUT2D eigenvalue weighted by Gasteiger charge is -2.36. The summed E-state index contributed by atoms with van der Waals surface area (Å²) in [6, 6.07) is 1.76. The van der Waals surface area contributed by atoms with Crippen molar-refractivity contribution >= 4 is 11.8 Å². The number of phenols is 2. The number of rotatable bonds is 3. The second kappa shape index (κ2) is 4.42. The molecule has 4 rings (SSSR count). The number of primary amides is 1. The average Bonchev–Trinajstić information content (AvgIpc) is 2.92. The summed E-state index contributed by atoms with van der Waals surface area (Å²) in [4.78, 5) is 14.8. The smallest absolute Gasteiger partial charge is 0.405 e. The molecule has 0 bridgehead atoms. The third kappa shape index (κ3) is 1.70. The summed E-state index contributed by atoms with van der Waals surface area (Å²) in [5.41, 5.74) is 6.31. The van der Waals surface area contributed by atoms with Gasteiger partial charge in [-0.25, -0.2) is 4.79 Å². The summed E-state index contributed by atoms with van der Waals surface area (Å²) in [6.07, 6.45) is -0.342. The number of nitrogens with two attached hydrogens (primary N) is 1. The number of fused-ring (bicyclic) bond motifs is 5. The molecule has 0 radical (unpaired) electrons. The predicted octanol–water partition coefficient (Wildman–Crippen LogP) is 0.231. The van der Waals surface area contributed by atoms with Crippen molar-refractivity contribution in [3.8, 4) is 11.5 Å². The molecule has 2 saturated heterocycles. The molecule has 2 fully saturated rings. The molecular formula is C15H19N3O5. The van der Waals surface area contributed by atoms with Crippen LogP contribution in [0.4, 0.5) is 10.5 Å². The van der Waals surface area contributed by atoms with E-state index in [9.17, 15) is 15.0 Å². The lowest BCUT2D eigenvalue weighted by atomic mass is 10.0. The fourth-order valence-corrected chi connectivity index (χ4v) is 4.22. The third-order valence-corrected chi connectivity index (χ3v) is 5.30. The van der Waals surface area contributed by atoms with E-state index >= 15 is 0 Å². The van der Waals surface area contributed by atoms with Crippen LogP contribution in [0.3, 0.4) is 0 Å². The molecule has 23 heavy (non-hydrogen) atoms. The maximum absolute atomic E-state index is 10.8. The minimum absolute atomic E-state index is 0.0263. The maximum atomic E-state index is 10.8. The van der Waals surface area contributed by atoms with Crippen molar-refractivity contribution < 1.29 is 24.5 Å². The Morgan fingerprint density at radius 3 is 2.91 bits per heavy atom. The van der Waals surface area contributed by atoms with Crippen LogP contribution in [0.2, 0.25) is 0 Å². The molecule has 3 heterocycles. The number of piperazine rings is 1. The second-order valence-corrected chi connectivity index (χ2v) is 6.34. The lowest BCUT2D eigenvalue weighted by Crippen LogP contribution is -2.51. The van der Waals surface area contributed by atoms with Gasteiger partial charge < -0.3 is 30.3 Å². The van der Waals surface area contributed by atoms with Crippen LogP contribution in [0.1, 0.15) is 11.1 Å². The number of methoxy groups -OCH3 is 1. The Morgan fingerprint density at radius 1 is 1.52 bits per heavy atom. The van der Waals surface area contributed by atoms with Gasteiger partial charge in [-0.05, 0) is 18.6 Å². The van der Waals surface area contributed by atoms with E-state index in [-0.39, 0.29) is 30.3 Å². The molecule has 1 aromatic carbocycles. The predicted molar refractivity (Wildman–Crippen MR) is 80.2 cm³/mol. The molecule has 4 atom stereocenters. The van der Waals surface area contributed by atoms with Crippen LogP contribution in [0.25, 0.3) is 0 Å². The van der Waals surface area contributed by atoms with Crippen LogP contribution in [-0.2, 0) is 15.9 Å². The van der Waals surface area contributed by atoms with Gasteiger partial charge in [-0.2, -0.15) is 0 Å². The maximum Gasteiger partial charge on any atom is 0.405 e. The number of aromatic hydroxyl groups is 2. The minimum Gasteiger partial charge on any atom is -0.508 e. The van der Waals surface area contributed by atoms with Gasteiger partial charge in [0.05, 0.1) is 17.8 Å². The van der Waals surface area contributed by atoms with Crippen LogP contribution in [0, 0.1) is 6.92 Å². The first-order valence-corrected chi connectivity index (χ1v) is 7.46. The lowest BCUT2D eigenvalue weighted by molar-refractivity contribution is -0.0190. The van der Waals surface area contributed by atoms with Gasteiger partial charge in [-0.1, -0.05) is 0 Å². The van der Waals surface area contributed by atoms with E-state index in [0.717, 1.165) is 0 Å². The minimum atomic E-state index is -0.807. The Labute approximate surface area is 133 Å². The number of carbonyl (C=O) groups excluding carboxylic acids is 1. The van der Waals surface area contributed by atoms with E-state index in [2.05, 4.69) is 0 Å². The zero-order valence-electron chi connectivity index (χ0n) is 12.9. The molecule has 3 aliphatic rings. The van der Waals surface area contributed by atoms with Crippen molar-refractivity contribution in [2.24, 2.45) is 5.73 Å². The highest BCUT2D eigenvalue weighted by Crippen LogP contribution is 2.59. The van der Waals surface area contributed by atoms with Gasteiger partial charge >= 0.3 is 6.09 Å². The van der Waals surface area contributed by atoms with Gasteiger partial charge in [0.2, 0.25) is 0 Å². The first kappa shape index (κ1) is 14.4. The number of hydrogen-bond acceptors (Lipinski definition) is 7. The normalized spacial score (nSPS) is 33.1. The number of aryl methyl sites for hydroxylation is 1. The largest absolute Gasteiger partial charge is 0.508 e. The molecule has 0 aliphatic carbocycles. The van der Waals surface area contributed by atoms with Crippen molar-refractivity contribution in [2.75, 3.05) is 25.3 Å². The highest BCUT2D eigenvalue weighted by atomic mass is 16.6. The number of anilines is 1. The molecule has 0 aromatic heterocycles. The van der Waals surface area contributed by atoms with E-state index in [1.165, 1.54) is 0 Å². The summed E-state index contributed by atoms with van der Waals surface area (Å²) < 4.78 is 10.7. The highest BCUT2D eigenvalue weighted by Gasteiger charge is 2.71.